The molecule has 2 saturated heterocycles. The Balaban J connectivity index is 1.30. The molecule has 2 aliphatic heterocycles. The fourth-order valence-electron chi connectivity index (χ4n) is 2.81. The van der Waals surface area contributed by atoms with Gasteiger partial charge in [-0.1, -0.05) is 0 Å². The lowest BCUT2D eigenvalue weighted by atomic mass is 10.3. The summed E-state index contributed by atoms with van der Waals surface area (Å²) in [5.74, 6) is 0. The van der Waals surface area contributed by atoms with Crippen LogP contribution in [0.1, 0.15) is 0 Å². The van der Waals surface area contributed by atoms with Crippen LogP contribution in [0.3, 0.4) is 0 Å². The van der Waals surface area contributed by atoms with Gasteiger partial charge >= 0.3 is 0 Å². The van der Waals surface area contributed by atoms with Crippen molar-refractivity contribution in [3.8, 4) is 0 Å². The normalized spacial score (nSPS) is 21.5. The van der Waals surface area contributed by atoms with Crippen LogP contribution in [-0.4, -0.2) is 126 Å². The Bertz CT molecular complexity index is 312. The Labute approximate surface area is 150 Å². The van der Waals surface area contributed by atoms with Crippen molar-refractivity contribution < 1.29 is 28.8 Å². The number of hydrogen-bond acceptors (Lipinski definition) is 8. The number of hydrogen-bond donors (Lipinski definition) is 1. The third-order valence-electron chi connectivity index (χ3n) is 4.28. The molecule has 2 fully saturated rings. The van der Waals surface area contributed by atoms with E-state index in [1.54, 1.807) is 0 Å². The lowest BCUT2D eigenvalue weighted by Gasteiger charge is -2.28. The molecule has 2 rings (SSSR count). The smallest absolute Gasteiger partial charge is 0.0900 e. The fourth-order valence-corrected chi connectivity index (χ4v) is 2.81. The van der Waals surface area contributed by atoms with Crippen molar-refractivity contribution in [3.05, 3.63) is 0 Å². The molecular formula is C17H34N2O6. The predicted octanol–water partition coefficient (Wildman–Crippen LogP) is -0.938. The predicted molar refractivity (Wildman–Crippen MR) is 93.0 cm³/mol. The highest BCUT2D eigenvalue weighted by Gasteiger charge is 2.14. The molecule has 0 aromatic rings. The maximum Gasteiger partial charge on any atom is 0.0900 e. The van der Waals surface area contributed by atoms with Crippen molar-refractivity contribution in [1.29, 1.82) is 0 Å². The first-order chi connectivity index (χ1) is 12.3. The van der Waals surface area contributed by atoms with Crippen LogP contribution in [0, 0.1) is 0 Å². The lowest BCUT2D eigenvalue weighted by molar-refractivity contribution is -0.0316. The number of β-amino-alcohol motifs (C(OH)–C–C–N with tert-alkyl or cyclic N) is 1. The fraction of sp³-hybridized carbons (Fsp3) is 1.00. The van der Waals surface area contributed by atoms with E-state index in [9.17, 15) is 5.11 Å². The van der Waals surface area contributed by atoms with Crippen molar-refractivity contribution >= 4 is 0 Å². The Morgan fingerprint density at radius 2 is 1.24 bits per heavy atom. The van der Waals surface area contributed by atoms with Crippen LogP contribution in [0.2, 0.25) is 0 Å². The van der Waals surface area contributed by atoms with Crippen LogP contribution in [-0.2, 0) is 23.7 Å². The van der Waals surface area contributed by atoms with Gasteiger partial charge in [-0.25, -0.2) is 0 Å². The summed E-state index contributed by atoms with van der Waals surface area (Å²) < 4.78 is 27.1. The van der Waals surface area contributed by atoms with Crippen LogP contribution in [0.5, 0.6) is 0 Å². The average Bonchev–Trinajstić information content (AvgIpc) is 2.65. The van der Waals surface area contributed by atoms with Crippen LogP contribution < -0.4 is 0 Å². The van der Waals surface area contributed by atoms with E-state index in [1.807, 2.05) is 0 Å². The Morgan fingerprint density at radius 3 is 1.88 bits per heavy atom. The molecule has 8 heteroatoms. The van der Waals surface area contributed by atoms with Gasteiger partial charge in [-0.05, 0) is 0 Å². The molecule has 1 atom stereocenters. The number of ether oxygens (including phenoxy) is 5. The third-order valence-corrected chi connectivity index (χ3v) is 4.28. The first-order valence-corrected chi connectivity index (χ1v) is 9.36. The summed E-state index contributed by atoms with van der Waals surface area (Å²) in [6.07, 6.45) is -0.457. The summed E-state index contributed by atoms with van der Waals surface area (Å²) in [6, 6.07) is 0. The van der Waals surface area contributed by atoms with Gasteiger partial charge in [0.05, 0.1) is 72.2 Å². The number of nitrogens with zero attached hydrogens (tertiary/aromatic N) is 2. The molecule has 25 heavy (non-hydrogen) atoms. The van der Waals surface area contributed by atoms with E-state index in [0.29, 0.717) is 39.6 Å². The molecule has 0 spiro atoms. The quantitative estimate of drug-likeness (QED) is 0.421. The van der Waals surface area contributed by atoms with Gasteiger partial charge in [-0.2, -0.15) is 0 Å². The Hall–Kier alpha value is -0.320. The van der Waals surface area contributed by atoms with Gasteiger partial charge in [0, 0.05) is 39.3 Å². The van der Waals surface area contributed by atoms with Crippen molar-refractivity contribution in [2.45, 2.75) is 6.10 Å². The summed E-state index contributed by atoms with van der Waals surface area (Å²) in [4.78, 5) is 4.54. The highest BCUT2D eigenvalue weighted by molar-refractivity contribution is 4.66. The maximum absolute atomic E-state index is 9.93. The summed E-state index contributed by atoms with van der Waals surface area (Å²) in [6.45, 7) is 11.7. The molecule has 8 nitrogen and oxygen atoms in total. The molecule has 0 aromatic heterocycles. The highest BCUT2D eigenvalue weighted by atomic mass is 16.5. The molecule has 1 N–H and O–H groups in total. The van der Waals surface area contributed by atoms with Gasteiger partial charge in [-0.15, -0.1) is 0 Å². The van der Waals surface area contributed by atoms with Crippen LogP contribution >= 0.6 is 0 Å². The minimum absolute atomic E-state index is 0.344. The third kappa shape index (κ3) is 10.4. The maximum atomic E-state index is 9.93. The highest BCUT2D eigenvalue weighted by Crippen LogP contribution is 1.99. The number of rotatable bonds is 13. The minimum Gasteiger partial charge on any atom is -0.389 e. The molecule has 148 valence electrons. The van der Waals surface area contributed by atoms with Gasteiger partial charge in [0.2, 0.25) is 0 Å². The van der Waals surface area contributed by atoms with E-state index in [4.69, 9.17) is 23.7 Å². The van der Waals surface area contributed by atoms with Crippen molar-refractivity contribution in [2.24, 2.45) is 0 Å². The van der Waals surface area contributed by atoms with E-state index in [1.165, 1.54) is 0 Å². The SMILES string of the molecule is OC(COCCOCCOCCN1CCOCC1)CN1CCOCC1. The molecule has 0 saturated carbocycles. The van der Waals surface area contributed by atoms with Crippen LogP contribution in [0.15, 0.2) is 0 Å². The van der Waals surface area contributed by atoms with E-state index < -0.39 is 6.10 Å². The zero-order chi connectivity index (χ0) is 17.6. The summed E-state index contributed by atoms with van der Waals surface area (Å²) in [5.41, 5.74) is 0. The second kappa shape index (κ2) is 13.8. The van der Waals surface area contributed by atoms with Crippen LogP contribution in [0.25, 0.3) is 0 Å². The Kier molecular flexibility index (Phi) is 11.6. The molecule has 2 heterocycles. The van der Waals surface area contributed by atoms with E-state index in [2.05, 4.69) is 9.80 Å². The standard InChI is InChI=1S/C17H34N2O6/c20-17(15-19-4-9-22-10-5-19)16-25-14-13-24-12-11-23-8-3-18-1-6-21-7-2-18/h17,20H,1-16H2. The largest absolute Gasteiger partial charge is 0.389 e. The topological polar surface area (TPSA) is 72.9 Å². The zero-order valence-corrected chi connectivity index (χ0v) is 15.3. The lowest BCUT2D eigenvalue weighted by Crippen LogP contribution is -2.42. The molecule has 0 bridgehead atoms. The molecule has 0 aromatic carbocycles. The van der Waals surface area contributed by atoms with E-state index >= 15 is 0 Å². The molecule has 1 unspecified atom stereocenters. The van der Waals surface area contributed by atoms with Crippen molar-refractivity contribution in [3.63, 3.8) is 0 Å². The summed E-state index contributed by atoms with van der Waals surface area (Å²) in [7, 11) is 0. The van der Waals surface area contributed by atoms with E-state index in [-0.39, 0.29) is 0 Å². The van der Waals surface area contributed by atoms with Gasteiger partial charge in [0.15, 0.2) is 0 Å². The molecule has 0 radical (unpaired) electrons. The van der Waals surface area contributed by atoms with Crippen molar-refractivity contribution in [2.75, 3.05) is 105 Å². The number of aliphatic hydroxyl groups is 1. The Morgan fingerprint density at radius 1 is 0.720 bits per heavy atom. The molecule has 0 amide bonds. The molecule has 2 aliphatic rings. The number of morpholine rings is 2. The second-order valence-corrected chi connectivity index (χ2v) is 6.32. The second-order valence-electron chi connectivity index (χ2n) is 6.32. The molecular weight excluding hydrogens is 328 g/mol. The van der Waals surface area contributed by atoms with Gasteiger partial charge < -0.3 is 28.8 Å². The minimum atomic E-state index is -0.457. The van der Waals surface area contributed by atoms with E-state index in [0.717, 1.165) is 65.8 Å². The van der Waals surface area contributed by atoms with Crippen molar-refractivity contribution in [1.82, 2.24) is 9.80 Å². The zero-order valence-electron chi connectivity index (χ0n) is 15.3. The number of aliphatic hydroxyl groups excluding tert-OH is 1. The average molecular weight is 362 g/mol. The summed E-state index contributed by atoms with van der Waals surface area (Å²) >= 11 is 0. The van der Waals surface area contributed by atoms with Gasteiger partial charge in [0.1, 0.15) is 0 Å². The van der Waals surface area contributed by atoms with Gasteiger partial charge in [0.25, 0.3) is 0 Å². The van der Waals surface area contributed by atoms with Crippen LogP contribution in [0.4, 0.5) is 0 Å². The monoisotopic (exact) mass is 362 g/mol. The molecule has 0 aliphatic carbocycles. The summed E-state index contributed by atoms with van der Waals surface area (Å²) in [5, 5.41) is 9.93. The first kappa shape index (κ1) is 21.0. The first-order valence-electron chi connectivity index (χ1n) is 9.36. The van der Waals surface area contributed by atoms with Gasteiger partial charge in [-0.3, -0.25) is 9.80 Å².